The van der Waals surface area contributed by atoms with Crippen molar-refractivity contribution in [1.82, 2.24) is 46.2 Å². The highest BCUT2D eigenvalue weighted by atomic mass is 16.6. The number of piperidine rings is 1. The van der Waals surface area contributed by atoms with Crippen LogP contribution in [0.1, 0.15) is 170 Å². The standard InChI is InChI=1S/C70H107N11O14/c1-13-46(9)62(55(94-12)39-54(82)50-25-20-26-51(50)67(90)80-36-22-28-53(80)64(87)73-40-47-23-16-14-17-24-47)78(10)68(91)60(43(4)5)77-66(89)61(44(6)7)79(11)70(93)95-41-48-30-32-49(33-31-48)74-63(86)52(27-21-34-72-69(71)92)75-65(88)59(42(2)3)76-56(83)29-18-15-19-35-81-57(84)37-45(8)38-58(81)85/h14,16-17,23-24,30-33,42-46,50-53,55,59-62H,13,15,18-22,25-29,34-41H2,1-12H3,(H,73,87)(H,74,86)(H,75,88)(H,76,83)(H,77,89)(H3,71,72,92)/t46?,50?,51-,52?,53+,55-,59+,60+,61+,62+/m1/s1. The lowest BCUT2D eigenvalue weighted by atomic mass is 9.84. The van der Waals surface area contributed by atoms with Gasteiger partial charge in [-0.2, -0.15) is 0 Å². The summed E-state index contributed by atoms with van der Waals surface area (Å²) < 4.78 is 11.8. The molecule has 2 aliphatic heterocycles. The molecular weight excluding hydrogens is 1220 g/mol. The molecule has 1 aliphatic carbocycles. The Morgan fingerprint density at radius 3 is 1.96 bits per heavy atom. The zero-order chi connectivity index (χ0) is 70.2. The van der Waals surface area contributed by atoms with E-state index >= 15 is 0 Å². The van der Waals surface area contributed by atoms with Crippen LogP contribution >= 0.6 is 0 Å². The number of primary amides is 1. The molecule has 2 heterocycles. The number of hydrogen-bond donors (Lipinski definition) is 7. The number of benzene rings is 2. The van der Waals surface area contributed by atoms with E-state index in [9.17, 15) is 57.5 Å². The highest BCUT2D eigenvalue weighted by Gasteiger charge is 2.46. The maximum absolute atomic E-state index is 14.8. The number of nitrogens with zero attached hydrogens (tertiary/aromatic N) is 4. The minimum absolute atomic E-state index is 0.0225. The van der Waals surface area contributed by atoms with Crippen LogP contribution in [0.2, 0.25) is 0 Å². The van der Waals surface area contributed by atoms with Crippen LogP contribution in [0.3, 0.4) is 0 Å². The zero-order valence-corrected chi connectivity index (χ0v) is 58.0. The van der Waals surface area contributed by atoms with Gasteiger partial charge in [0.05, 0.1) is 12.1 Å². The van der Waals surface area contributed by atoms with Gasteiger partial charge in [-0.1, -0.05) is 124 Å². The molecule has 2 aromatic carbocycles. The fourth-order valence-corrected chi connectivity index (χ4v) is 13.1. The quantitative estimate of drug-likeness (QED) is 0.0289. The van der Waals surface area contributed by atoms with Gasteiger partial charge in [0.2, 0.25) is 53.2 Å². The Bertz CT molecular complexity index is 2930. The Hall–Kier alpha value is -7.96. The van der Waals surface area contributed by atoms with Gasteiger partial charge >= 0.3 is 12.1 Å². The number of nitrogens with one attached hydrogen (secondary N) is 6. The summed E-state index contributed by atoms with van der Waals surface area (Å²) in [5, 5.41) is 16.8. The van der Waals surface area contributed by atoms with Gasteiger partial charge in [0, 0.05) is 90.6 Å². The SMILES string of the molecule is CCC(C)[C@@H]([C@@H](CC(=O)C1CCC[C@H]1C(=O)N1CCC[C@H]1C(=O)NCc1ccccc1)OC)N(C)C(=O)[C@@H](NC(=O)[C@H](C(C)C)N(C)C(=O)OCc1ccc(NC(=O)C(CCCNC(N)=O)NC(=O)[C@@H](NC(=O)CCCCCN2C(=O)CC(C)CC2=O)C(C)C)cc1)C(C)C. The molecule has 3 unspecified atom stereocenters. The summed E-state index contributed by atoms with van der Waals surface area (Å²) in [6.07, 6.45) is 4.61. The molecule has 0 aromatic heterocycles. The molecule has 2 saturated heterocycles. The number of imide groups is 1. The molecule has 3 fully saturated rings. The van der Waals surface area contributed by atoms with Crippen LogP contribution in [-0.2, 0) is 70.6 Å². The van der Waals surface area contributed by atoms with Crippen molar-refractivity contribution in [2.24, 2.45) is 47.2 Å². The summed E-state index contributed by atoms with van der Waals surface area (Å²) in [5.41, 5.74) is 7.07. The molecule has 526 valence electrons. The summed E-state index contributed by atoms with van der Waals surface area (Å²) in [6.45, 7) is 17.4. The number of urea groups is 1. The first kappa shape index (κ1) is 77.7. The number of Topliss-reactive ketones (excluding diaryl/α,β-unsaturated/α-hetero) is 1. The molecule has 25 nitrogen and oxygen atoms in total. The van der Waals surface area contributed by atoms with Gasteiger partial charge in [-0.25, -0.2) is 9.59 Å². The number of rotatable bonds is 36. The second-order valence-electron chi connectivity index (χ2n) is 27.1. The van der Waals surface area contributed by atoms with Crippen molar-refractivity contribution in [3.05, 3.63) is 65.7 Å². The lowest BCUT2D eigenvalue weighted by molar-refractivity contribution is -0.150. The van der Waals surface area contributed by atoms with E-state index in [1.165, 1.54) is 24.0 Å². The first-order valence-electron chi connectivity index (χ1n) is 34.1. The third kappa shape index (κ3) is 22.9. The lowest BCUT2D eigenvalue weighted by Crippen LogP contribution is -2.60. The number of nitrogens with two attached hydrogens (primary N) is 1. The fraction of sp³-hybridized carbons (Fsp3) is 0.657. The van der Waals surface area contributed by atoms with E-state index in [4.69, 9.17) is 15.2 Å². The van der Waals surface area contributed by atoms with Crippen LogP contribution in [0.25, 0.3) is 0 Å². The van der Waals surface area contributed by atoms with Crippen molar-refractivity contribution in [3.8, 4) is 0 Å². The summed E-state index contributed by atoms with van der Waals surface area (Å²) in [7, 11) is 4.58. The van der Waals surface area contributed by atoms with Crippen molar-refractivity contribution < 1.29 is 67.0 Å². The Morgan fingerprint density at radius 1 is 0.695 bits per heavy atom. The minimum atomic E-state index is -1.11. The number of carbonyl (C=O) groups is 12. The molecule has 95 heavy (non-hydrogen) atoms. The summed E-state index contributed by atoms with van der Waals surface area (Å²) in [4.78, 5) is 168. The van der Waals surface area contributed by atoms with Crippen LogP contribution in [0.5, 0.6) is 0 Å². The van der Waals surface area contributed by atoms with Crippen LogP contribution in [0, 0.1) is 41.4 Å². The lowest BCUT2D eigenvalue weighted by Gasteiger charge is -2.40. The topological polar surface area (TPSA) is 334 Å². The Labute approximate surface area is 560 Å². The van der Waals surface area contributed by atoms with E-state index in [-0.39, 0.29) is 91.9 Å². The maximum atomic E-state index is 14.8. The number of anilines is 1. The Kier molecular flexibility index (Phi) is 31.1. The molecule has 0 bridgehead atoms. The van der Waals surface area contributed by atoms with Gasteiger partial charge in [-0.15, -0.1) is 0 Å². The smallest absolute Gasteiger partial charge is 0.410 e. The van der Waals surface area contributed by atoms with Crippen molar-refractivity contribution in [2.75, 3.05) is 46.2 Å². The van der Waals surface area contributed by atoms with Crippen molar-refractivity contribution in [1.29, 1.82) is 0 Å². The molecule has 8 N–H and O–H groups in total. The van der Waals surface area contributed by atoms with Gasteiger partial charge in [-0.3, -0.25) is 57.7 Å². The van der Waals surface area contributed by atoms with E-state index in [1.54, 1.807) is 82.7 Å². The van der Waals surface area contributed by atoms with E-state index < -0.39 is 102 Å². The molecule has 5 rings (SSSR count). The predicted molar refractivity (Wildman–Crippen MR) is 358 cm³/mol. The first-order chi connectivity index (χ1) is 45.1. The van der Waals surface area contributed by atoms with Crippen LogP contribution < -0.4 is 37.6 Å². The van der Waals surface area contributed by atoms with Crippen LogP contribution in [-0.4, -0.2) is 174 Å². The number of amides is 12. The molecule has 25 heteroatoms. The van der Waals surface area contributed by atoms with E-state index in [0.29, 0.717) is 102 Å². The molecule has 10 atom stereocenters. The summed E-state index contributed by atoms with van der Waals surface area (Å²) >= 11 is 0. The second-order valence-corrected chi connectivity index (χ2v) is 27.1. The van der Waals surface area contributed by atoms with E-state index in [1.807, 2.05) is 51.1 Å². The molecule has 0 radical (unpaired) electrons. The average Bonchev–Trinajstić information content (AvgIpc) is 1.75. The van der Waals surface area contributed by atoms with E-state index in [2.05, 4.69) is 31.9 Å². The number of ketones is 1. The van der Waals surface area contributed by atoms with Gasteiger partial charge < -0.3 is 56.9 Å². The van der Waals surface area contributed by atoms with Gasteiger partial charge in [0.15, 0.2) is 0 Å². The largest absolute Gasteiger partial charge is 0.445 e. The number of ether oxygens (including phenoxy) is 2. The van der Waals surface area contributed by atoms with Gasteiger partial charge in [-0.05, 0) is 104 Å². The second kappa shape index (κ2) is 38.0. The molecule has 0 spiro atoms. The number of carbonyl (C=O) groups excluding carboxylic acids is 12. The highest BCUT2D eigenvalue weighted by Crippen LogP contribution is 2.38. The third-order valence-electron chi connectivity index (χ3n) is 18.7. The third-order valence-corrected chi connectivity index (χ3v) is 18.7. The monoisotopic (exact) mass is 1330 g/mol. The Balaban J connectivity index is 1.16. The van der Waals surface area contributed by atoms with Gasteiger partial charge in [0.1, 0.15) is 42.6 Å². The van der Waals surface area contributed by atoms with Crippen LogP contribution in [0.15, 0.2) is 54.6 Å². The van der Waals surface area contributed by atoms with Crippen molar-refractivity contribution >= 4 is 76.8 Å². The first-order valence-corrected chi connectivity index (χ1v) is 34.1. The molecule has 2 aromatic rings. The zero-order valence-electron chi connectivity index (χ0n) is 58.0. The number of unbranched alkanes of at least 4 members (excludes halogenated alkanes) is 2. The summed E-state index contributed by atoms with van der Waals surface area (Å²) in [5.74, 6) is -6.02. The molecule has 12 amide bonds. The minimum Gasteiger partial charge on any atom is -0.445 e. The predicted octanol–water partition coefficient (Wildman–Crippen LogP) is 6.35. The number of likely N-dealkylation sites (tertiary alicyclic amines) is 2. The Morgan fingerprint density at radius 2 is 1.35 bits per heavy atom. The van der Waals surface area contributed by atoms with Gasteiger partial charge in [0.25, 0.3) is 0 Å². The number of likely N-dealkylation sites (N-methyl/N-ethyl adjacent to an activating group) is 2. The van der Waals surface area contributed by atoms with Crippen molar-refractivity contribution in [2.45, 2.75) is 214 Å². The maximum Gasteiger partial charge on any atom is 0.410 e. The molecular formula is C70H107N11O14. The summed E-state index contributed by atoms with van der Waals surface area (Å²) in [6, 6.07) is 9.72. The fourth-order valence-electron chi connectivity index (χ4n) is 13.1. The van der Waals surface area contributed by atoms with Crippen molar-refractivity contribution in [3.63, 3.8) is 0 Å². The number of methoxy groups -OCH3 is 1. The average molecular weight is 1330 g/mol. The normalized spacial score (nSPS) is 18.8. The molecule has 3 aliphatic rings. The van der Waals surface area contributed by atoms with E-state index in [0.717, 1.165) is 5.56 Å². The molecule has 1 saturated carbocycles. The highest BCUT2D eigenvalue weighted by molar-refractivity contribution is 5.99. The van der Waals surface area contributed by atoms with Crippen LogP contribution in [0.4, 0.5) is 15.3 Å². The number of hydrogen-bond acceptors (Lipinski definition) is 14.